The van der Waals surface area contributed by atoms with Crippen molar-refractivity contribution in [1.82, 2.24) is 0 Å². The molecule has 0 bridgehead atoms. The molecule has 0 saturated heterocycles. The van der Waals surface area contributed by atoms with Crippen LogP contribution in [0.4, 0.5) is 8.78 Å². The van der Waals surface area contributed by atoms with Gasteiger partial charge in [0, 0.05) is 0 Å². The molecule has 0 spiro atoms. The van der Waals surface area contributed by atoms with Gasteiger partial charge in [-0.15, -0.1) is 0 Å². The summed E-state index contributed by atoms with van der Waals surface area (Å²) in [4.78, 5) is 0. The van der Waals surface area contributed by atoms with E-state index in [2.05, 4.69) is 13.0 Å². The van der Waals surface area contributed by atoms with Crippen LogP contribution in [0.3, 0.4) is 0 Å². The van der Waals surface area contributed by atoms with Gasteiger partial charge in [0.1, 0.15) is 11.6 Å². The molecule has 2 aromatic carbocycles. The lowest BCUT2D eigenvalue weighted by Crippen LogP contribution is -2.30. The summed E-state index contributed by atoms with van der Waals surface area (Å²) in [7, 11) is 0. The van der Waals surface area contributed by atoms with E-state index in [1.165, 1.54) is 51.4 Å². The molecule has 2 aliphatic rings. The van der Waals surface area contributed by atoms with Crippen molar-refractivity contribution in [1.29, 1.82) is 0 Å². The maximum atomic E-state index is 15.1. The van der Waals surface area contributed by atoms with Crippen LogP contribution in [0.25, 0.3) is 10.8 Å². The minimum Gasteiger partial charge on any atom is -0.206 e. The first-order valence-corrected chi connectivity index (χ1v) is 12.6. The zero-order valence-corrected chi connectivity index (χ0v) is 19.3. The molecule has 168 valence electrons. The van der Waals surface area contributed by atoms with E-state index in [0.29, 0.717) is 23.3 Å². The normalized spacial score (nSPS) is 26.5. The maximum Gasteiger partial charge on any atom is 0.137 e. The van der Waals surface area contributed by atoms with Gasteiger partial charge in [-0.2, -0.15) is 0 Å². The molecule has 2 aliphatic carbocycles. The Morgan fingerprint density at radius 2 is 1.81 bits per heavy atom. The van der Waals surface area contributed by atoms with Crippen molar-refractivity contribution in [2.45, 2.75) is 90.4 Å². The Balaban J connectivity index is 1.49. The molecule has 4 atom stereocenters. The van der Waals surface area contributed by atoms with Gasteiger partial charge in [-0.25, -0.2) is 8.78 Å². The van der Waals surface area contributed by atoms with Crippen LogP contribution in [-0.4, -0.2) is 0 Å². The molecule has 2 fully saturated rings. The minimum atomic E-state index is -0.386. The highest BCUT2D eigenvalue weighted by Crippen LogP contribution is 2.48. The van der Waals surface area contributed by atoms with E-state index in [1.54, 1.807) is 6.07 Å². The second kappa shape index (κ2) is 10.3. The smallest absolute Gasteiger partial charge is 0.137 e. The predicted octanol–water partition coefficient (Wildman–Crippen LogP) is 9.12. The van der Waals surface area contributed by atoms with Gasteiger partial charge in [0.05, 0.1) is 5.39 Å². The second-order valence-corrected chi connectivity index (χ2v) is 10.1. The molecule has 0 nitrogen and oxygen atoms in total. The summed E-state index contributed by atoms with van der Waals surface area (Å²) in [6, 6.07) is 7.47. The Labute approximate surface area is 187 Å². The molecule has 0 aliphatic heterocycles. The summed E-state index contributed by atoms with van der Waals surface area (Å²) in [6.07, 6.45) is 17.2. The number of unbranched alkanes of at least 4 members (excludes halogenated alkanes) is 1. The Morgan fingerprint density at radius 1 is 1.00 bits per heavy atom. The molecule has 2 saturated carbocycles. The van der Waals surface area contributed by atoms with E-state index in [4.69, 9.17) is 0 Å². The predicted molar refractivity (Wildman–Crippen MR) is 127 cm³/mol. The molecule has 4 rings (SSSR count). The number of hydrogen-bond donors (Lipinski definition) is 0. The van der Waals surface area contributed by atoms with Crippen molar-refractivity contribution in [3.8, 4) is 0 Å². The molecule has 0 radical (unpaired) electrons. The van der Waals surface area contributed by atoms with Crippen LogP contribution < -0.4 is 0 Å². The zero-order valence-electron chi connectivity index (χ0n) is 19.3. The molecule has 2 heteroatoms. The number of fused-ring (bicyclic) bond motifs is 2. The first-order valence-electron chi connectivity index (χ1n) is 12.6. The van der Waals surface area contributed by atoms with Gasteiger partial charge in [-0.1, -0.05) is 63.0 Å². The van der Waals surface area contributed by atoms with E-state index in [0.717, 1.165) is 36.2 Å². The van der Waals surface area contributed by atoms with Crippen molar-refractivity contribution < 1.29 is 8.78 Å². The first-order chi connectivity index (χ1) is 15.1. The summed E-state index contributed by atoms with van der Waals surface area (Å²) in [5.74, 6) is 2.25. The third kappa shape index (κ3) is 5.04. The number of halogens is 2. The first kappa shape index (κ1) is 22.5. The summed E-state index contributed by atoms with van der Waals surface area (Å²) < 4.78 is 30.1. The average molecular weight is 425 g/mol. The Bertz CT molecular complexity index is 913. The van der Waals surface area contributed by atoms with Crippen LogP contribution in [0.1, 0.15) is 95.1 Å². The van der Waals surface area contributed by atoms with Crippen LogP contribution >= 0.6 is 0 Å². The minimum absolute atomic E-state index is 0.173. The van der Waals surface area contributed by atoms with Crippen molar-refractivity contribution in [2.24, 2.45) is 17.8 Å². The molecule has 2 unspecified atom stereocenters. The SMILES string of the molecule is C/C=C/CCc1ccc2cc([C@@H]3CC[C@@H]4CC(CCCC)CCC4C3)cc(F)c2c1F. The third-order valence-electron chi connectivity index (χ3n) is 8.08. The molecule has 0 amide bonds. The van der Waals surface area contributed by atoms with Crippen LogP contribution in [0.5, 0.6) is 0 Å². The van der Waals surface area contributed by atoms with Gasteiger partial charge < -0.3 is 0 Å². The maximum absolute atomic E-state index is 15.1. The van der Waals surface area contributed by atoms with Gasteiger partial charge in [0.25, 0.3) is 0 Å². The number of allylic oxidation sites excluding steroid dienone is 2. The molecule has 0 aromatic heterocycles. The summed E-state index contributed by atoms with van der Waals surface area (Å²) >= 11 is 0. The fourth-order valence-electron chi connectivity index (χ4n) is 6.32. The lowest BCUT2D eigenvalue weighted by atomic mass is 9.63. The fraction of sp³-hybridized carbons (Fsp3) is 0.586. The average Bonchev–Trinajstić information content (AvgIpc) is 2.78. The molecular weight excluding hydrogens is 386 g/mol. The molecule has 31 heavy (non-hydrogen) atoms. The summed E-state index contributed by atoms with van der Waals surface area (Å²) in [6.45, 7) is 4.25. The number of hydrogen-bond acceptors (Lipinski definition) is 0. The van der Waals surface area contributed by atoms with Crippen LogP contribution in [0.2, 0.25) is 0 Å². The van der Waals surface area contributed by atoms with Crippen molar-refractivity contribution in [3.05, 3.63) is 59.2 Å². The van der Waals surface area contributed by atoms with Gasteiger partial charge in [-0.05, 0) is 98.1 Å². The highest BCUT2D eigenvalue weighted by atomic mass is 19.1. The number of rotatable bonds is 7. The number of aryl methyl sites for hydroxylation is 1. The van der Waals surface area contributed by atoms with E-state index < -0.39 is 0 Å². The van der Waals surface area contributed by atoms with Crippen LogP contribution in [0, 0.1) is 29.4 Å². The zero-order chi connectivity index (χ0) is 21.8. The highest BCUT2D eigenvalue weighted by Gasteiger charge is 2.36. The van der Waals surface area contributed by atoms with E-state index in [1.807, 2.05) is 31.2 Å². The highest BCUT2D eigenvalue weighted by molar-refractivity contribution is 5.85. The lowest BCUT2D eigenvalue weighted by molar-refractivity contribution is 0.113. The van der Waals surface area contributed by atoms with E-state index in [9.17, 15) is 0 Å². The van der Waals surface area contributed by atoms with Gasteiger partial charge >= 0.3 is 0 Å². The monoisotopic (exact) mass is 424 g/mol. The Morgan fingerprint density at radius 3 is 2.61 bits per heavy atom. The molecule has 0 N–H and O–H groups in total. The molecule has 0 heterocycles. The lowest BCUT2D eigenvalue weighted by Gasteiger charge is -2.42. The molecular formula is C29H38F2. The quantitative estimate of drug-likeness (QED) is 0.389. The summed E-state index contributed by atoms with van der Waals surface area (Å²) in [5, 5.41) is 0.888. The van der Waals surface area contributed by atoms with Crippen molar-refractivity contribution in [2.75, 3.05) is 0 Å². The standard InChI is InChI=1S/C29H38F2/c1-3-5-7-9-21-12-15-25-18-26(19-27(30)28(25)29(21)31)24-14-13-22-16-20(8-6-4-2)10-11-23(22)17-24/h3,5,12,15,18-20,22-24H,4,6-11,13-14,16-17H2,1-2H3/b5-3+/t20?,22-,23?,24-/m1/s1. The second-order valence-electron chi connectivity index (χ2n) is 10.1. The topological polar surface area (TPSA) is 0 Å². The van der Waals surface area contributed by atoms with Gasteiger partial charge in [-0.3, -0.25) is 0 Å². The van der Waals surface area contributed by atoms with Crippen LogP contribution in [-0.2, 0) is 6.42 Å². The largest absolute Gasteiger partial charge is 0.206 e. The van der Waals surface area contributed by atoms with Crippen molar-refractivity contribution >= 4 is 10.8 Å². The molecule has 2 aromatic rings. The Kier molecular flexibility index (Phi) is 7.46. The van der Waals surface area contributed by atoms with E-state index >= 15 is 8.78 Å². The summed E-state index contributed by atoms with van der Waals surface area (Å²) in [5.41, 5.74) is 1.69. The number of benzene rings is 2. The fourth-order valence-corrected chi connectivity index (χ4v) is 6.32. The van der Waals surface area contributed by atoms with E-state index in [-0.39, 0.29) is 17.0 Å². The van der Waals surface area contributed by atoms with Gasteiger partial charge in [0.2, 0.25) is 0 Å². The van der Waals surface area contributed by atoms with Crippen LogP contribution in [0.15, 0.2) is 36.4 Å². The van der Waals surface area contributed by atoms with Gasteiger partial charge in [0.15, 0.2) is 0 Å². The van der Waals surface area contributed by atoms with Crippen molar-refractivity contribution in [3.63, 3.8) is 0 Å². The third-order valence-corrected chi connectivity index (χ3v) is 8.08. The Hall–Kier alpha value is -1.70.